The highest BCUT2D eigenvalue weighted by atomic mass is 32.2. The molecule has 0 spiro atoms. The lowest BCUT2D eigenvalue weighted by Gasteiger charge is -2.14. The maximum Gasteiger partial charge on any atom is 0.316 e. The smallest absolute Gasteiger partial charge is 0.316 e. The van der Waals surface area contributed by atoms with Crippen molar-refractivity contribution in [3.05, 3.63) is 94.5 Å². The zero-order chi connectivity index (χ0) is 20.9. The lowest BCUT2D eigenvalue weighted by Crippen LogP contribution is -2.30. The number of nitrogens with one attached hydrogen (secondary N) is 1. The molecule has 2 aromatic heterocycles. The maximum atomic E-state index is 13.3. The molecule has 7 nitrogen and oxygen atoms in total. The molecule has 0 radical (unpaired) electrons. The van der Waals surface area contributed by atoms with Gasteiger partial charge in [0.25, 0.3) is 0 Å². The first kappa shape index (κ1) is 19.8. The van der Waals surface area contributed by atoms with Crippen molar-refractivity contribution in [2.24, 2.45) is 0 Å². The molecule has 0 fully saturated rings. The maximum absolute atomic E-state index is 13.3. The van der Waals surface area contributed by atoms with Gasteiger partial charge in [0, 0.05) is 23.8 Å². The third-order valence-electron chi connectivity index (χ3n) is 4.53. The molecule has 0 atom stereocenters. The summed E-state index contributed by atoms with van der Waals surface area (Å²) >= 11 is 1.44. The monoisotopic (exact) mass is 419 g/mol. The highest BCUT2D eigenvalue weighted by Crippen LogP contribution is 2.23. The van der Waals surface area contributed by atoms with Crippen molar-refractivity contribution < 1.29 is 4.74 Å². The van der Waals surface area contributed by atoms with Gasteiger partial charge in [0.15, 0.2) is 0 Å². The Morgan fingerprint density at radius 3 is 2.60 bits per heavy atom. The molecule has 0 aliphatic heterocycles. The Morgan fingerprint density at radius 1 is 1.03 bits per heavy atom. The Morgan fingerprint density at radius 2 is 1.83 bits per heavy atom. The minimum absolute atomic E-state index is 0.170. The molecule has 2 heterocycles. The number of para-hydroxylation sites is 1. The fraction of sp³-hybridized carbons (Fsp3) is 0.136. The van der Waals surface area contributed by atoms with Gasteiger partial charge in [-0.3, -0.25) is 9.47 Å². The molecule has 0 saturated carbocycles. The van der Waals surface area contributed by atoms with Crippen LogP contribution in [0.1, 0.15) is 11.1 Å². The summed E-state index contributed by atoms with van der Waals surface area (Å²) in [6.45, 7) is 1.97. The van der Waals surface area contributed by atoms with Gasteiger partial charge in [-0.05, 0) is 48.4 Å². The first-order valence-corrected chi connectivity index (χ1v) is 10.4. The summed E-state index contributed by atoms with van der Waals surface area (Å²) in [5, 5.41) is 12.1. The SMILES string of the molecule is COc1cccc(CSc2nnc(Nc3ccccc3C)c(=O)n2-n2cccc2)c1. The van der Waals surface area contributed by atoms with Crippen LogP contribution < -0.4 is 15.6 Å². The molecule has 4 aromatic rings. The van der Waals surface area contributed by atoms with Crippen molar-refractivity contribution in [3.8, 4) is 5.75 Å². The van der Waals surface area contributed by atoms with E-state index in [9.17, 15) is 4.79 Å². The normalized spacial score (nSPS) is 10.7. The molecule has 0 bridgehead atoms. The fourth-order valence-electron chi connectivity index (χ4n) is 2.95. The summed E-state index contributed by atoms with van der Waals surface area (Å²) in [5.41, 5.74) is 2.62. The first-order chi connectivity index (χ1) is 14.7. The molecule has 0 unspecified atom stereocenters. The Kier molecular flexibility index (Phi) is 5.85. The fourth-order valence-corrected chi connectivity index (χ4v) is 3.82. The lowest BCUT2D eigenvalue weighted by molar-refractivity contribution is 0.414. The van der Waals surface area contributed by atoms with Crippen molar-refractivity contribution in [1.29, 1.82) is 0 Å². The van der Waals surface area contributed by atoms with Crippen molar-refractivity contribution in [2.45, 2.75) is 17.8 Å². The number of nitrogens with zero attached hydrogens (tertiary/aromatic N) is 4. The number of hydrogen-bond acceptors (Lipinski definition) is 6. The van der Waals surface area contributed by atoms with E-state index in [4.69, 9.17) is 4.74 Å². The number of aryl methyl sites for hydroxylation is 1. The van der Waals surface area contributed by atoms with E-state index in [-0.39, 0.29) is 11.4 Å². The summed E-state index contributed by atoms with van der Waals surface area (Å²) in [7, 11) is 1.64. The molecule has 152 valence electrons. The molecule has 8 heteroatoms. The molecule has 0 aliphatic rings. The van der Waals surface area contributed by atoms with Crippen LogP contribution in [0.5, 0.6) is 5.75 Å². The van der Waals surface area contributed by atoms with E-state index in [1.165, 1.54) is 16.4 Å². The van der Waals surface area contributed by atoms with Gasteiger partial charge in [0.05, 0.1) is 7.11 Å². The van der Waals surface area contributed by atoms with E-state index in [1.54, 1.807) is 24.2 Å². The van der Waals surface area contributed by atoms with Crippen LogP contribution in [0.3, 0.4) is 0 Å². The minimum atomic E-state index is -0.280. The van der Waals surface area contributed by atoms with E-state index < -0.39 is 0 Å². The van der Waals surface area contributed by atoms with Crippen molar-refractivity contribution in [1.82, 2.24) is 19.5 Å². The van der Waals surface area contributed by atoms with Crippen molar-refractivity contribution >= 4 is 23.3 Å². The first-order valence-electron chi connectivity index (χ1n) is 9.37. The van der Waals surface area contributed by atoms with E-state index in [2.05, 4.69) is 15.5 Å². The van der Waals surface area contributed by atoms with Crippen molar-refractivity contribution in [2.75, 3.05) is 12.4 Å². The van der Waals surface area contributed by atoms with Crippen LogP contribution in [-0.4, -0.2) is 26.7 Å². The third kappa shape index (κ3) is 4.23. The van der Waals surface area contributed by atoms with Crippen molar-refractivity contribution in [3.63, 3.8) is 0 Å². The van der Waals surface area contributed by atoms with Gasteiger partial charge in [-0.1, -0.05) is 42.1 Å². The van der Waals surface area contributed by atoms with Gasteiger partial charge >= 0.3 is 5.56 Å². The molecule has 0 amide bonds. The van der Waals surface area contributed by atoms with Gasteiger partial charge in [-0.25, -0.2) is 0 Å². The molecular formula is C22H21N5O2S. The average molecular weight is 420 g/mol. The Hall–Kier alpha value is -3.52. The second kappa shape index (κ2) is 8.87. The van der Waals surface area contributed by atoms with Gasteiger partial charge in [0.2, 0.25) is 11.0 Å². The Labute approximate surface area is 178 Å². The Balaban J connectivity index is 1.68. The van der Waals surface area contributed by atoms with E-state index in [0.717, 1.165) is 22.6 Å². The third-order valence-corrected chi connectivity index (χ3v) is 5.52. The number of thioether (sulfide) groups is 1. The second-order valence-corrected chi connectivity index (χ2v) is 7.53. The summed E-state index contributed by atoms with van der Waals surface area (Å²) in [6.07, 6.45) is 3.60. The molecule has 1 N–H and O–H groups in total. The summed E-state index contributed by atoms with van der Waals surface area (Å²) in [5.74, 6) is 1.58. The number of aromatic nitrogens is 4. The van der Waals surface area contributed by atoms with Crippen LogP contribution in [-0.2, 0) is 5.75 Å². The Bertz CT molecular complexity index is 1200. The number of anilines is 2. The topological polar surface area (TPSA) is 74.0 Å². The number of ether oxygens (including phenoxy) is 1. The number of rotatable bonds is 7. The van der Waals surface area contributed by atoms with Gasteiger partial charge < -0.3 is 10.1 Å². The molecule has 0 aliphatic carbocycles. The second-order valence-electron chi connectivity index (χ2n) is 6.59. The lowest BCUT2D eigenvalue weighted by atomic mass is 10.2. The van der Waals surface area contributed by atoms with Crippen LogP contribution in [0.25, 0.3) is 0 Å². The van der Waals surface area contributed by atoms with E-state index >= 15 is 0 Å². The van der Waals surface area contributed by atoms with Gasteiger partial charge in [-0.2, -0.15) is 4.68 Å². The van der Waals surface area contributed by atoms with Crippen LogP contribution >= 0.6 is 11.8 Å². The van der Waals surface area contributed by atoms with E-state index in [1.807, 2.05) is 67.6 Å². The largest absolute Gasteiger partial charge is 0.497 e. The zero-order valence-corrected chi connectivity index (χ0v) is 17.5. The molecule has 0 saturated heterocycles. The van der Waals surface area contributed by atoms with Crippen LogP contribution in [0.2, 0.25) is 0 Å². The predicted molar refractivity (Wildman–Crippen MR) is 119 cm³/mol. The van der Waals surface area contributed by atoms with Crippen LogP contribution in [0.15, 0.2) is 83.0 Å². The van der Waals surface area contributed by atoms with Gasteiger partial charge in [0.1, 0.15) is 5.75 Å². The van der Waals surface area contributed by atoms with Crippen LogP contribution in [0.4, 0.5) is 11.5 Å². The zero-order valence-electron chi connectivity index (χ0n) is 16.6. The quantitative estimate of drug-likeness (QED) is 0.455. The number of hydrogen-bond donors (Lipinski definition) is 1. The average Bonchev–Trinajstić information content (AvgIpc) is 3.30. The summed E-state index contributed by atoms with van der Waals surface area (Å²) in [6, 6.07) is 19.3. The number of methoxy groups -OCH3 is 1. The molecule has 4 rings (SSSR count). The summed E-state index contributed by atoms with van der Waals surface area (Å²) < 4.78 is 8.50. The number of benzene rings is 2. The molecule has 30 heavy (non-hydrogen) atoms. The molecular weight excluding hydrogens is 398 g/mol. The van der Waals surface area contributed by atoms with Crippen LogP contribution in [0, 0.1) is 6.92 Å². The molecule has 2 aromatic carbocycles. The highest BCUT2D eigenvalue weighted by Gasteiger charge is 2.15. The minimum Gasteiger partial charge on any atom is -0.497 e. The summed E-state index contributed by atoms with van der Waals surface area (Å²) in [4.78, 5) is 13.3. The highest BCUT2D eigenvalue weighted by molar-refractivity contribution is 7.98. The van der Waals surface area contributed by atoms with Gasteiger partial charge in [-0.15, -0.1) is 10.2 Å². The van der Waals surface area contributed by atoms with E-state index in [0.29, 0.717) is 10.9 Å². The predicted octanol–water partition coefficient (Wildman–Crippen LogP) is 4.10. The standard InChI is InChI=1S/C22H21N5O2S/c1-16-8-3-4-11-19(16)23-20-21(28)27(26-12-5-6-13-26)22(25-24-20)30-15-17-9-7-10-18(14-17)29-2/h3-14H,15H2,1-2H3,(H,23,24).